The average molecular weight is 325 g/mol. The van der Waals surface area contributed by atoms with Crippen molar-refractivity contribution in [1.82, 2.24) is 0 Å². The molecule has 3 atom stereocenters. The number of rotatable bonds is 16. The van der Waals surface area contributed by atoms with Crippen LogP contribution in [0.5, 0.6) is 0 Å². The van der Waals surface area contributed by atoms with Gasteiger partial charge in [0.2, 0.25) is 0 Å². The van der Waals surface area contributed by atoms with Gasteiger partial charge in [-0.15, -0.1) is 0 Å². The van der Waals surface area contributed by atoms with Crippen molar-refractivity contribution < 1.29 is 4.79 Å². The summed E-state index contributed by atoms with van der Waals surface area (Å²) in [5.74, 6) is 3.46. The maximum absolute atomic E-state index is 10.3. The first-order valence-corrected chi connectivity index (χ1v) is 10.4. The Bertz CT molecular complexity index is 259. The smallest absolute Gasteiger partial charge is 0.119 e. The van der Waals surface area contributed by atoms with E-state index in [0.29, 0.717) is 0 Å². The molecule has 3 unspecified atom stereocenters. The molecule has 0 aliphatic rings. The van der Waals surface area contributed by atoms with Gasteiger partial charge in [-0.2, -0.15) is 0 Å². The van der Waals surface area contributed by atoms with Crippen LogP contribution in [0.15, 0.2) is 0 Å². The summed E-state index contributed by atoms with van der Waals surface area (Å²) in [7, 11) is 0. The van der Waals surface area contributed by atoms with Crippen LogP contribution in [0.2, 0.25) is 0 Å². The summed E-state index contributed by atoms with van der Waals surface area (Å²) in [6.45, 7) is 11.9. The minimum absolute atomic E-state index is 0.746. The first kappa shape index (κ1) is 22.7. The lowest BCUT2D eigenvalue weighted by atomic mass is 9.90. The van der Waals surface area contributed by atoms with Crippen LogP contribution in [0.25, 0.3) is 0 Å². The predicted octanol–water partition coefficient (Wildman–Crippen LogP) is 7.43. The van der Waals surface area contributed by atoms with Crippen molar-refractivity contribution in [3.05, 3.63) is 0 Å². The fraction of sp³-hybridized carbons (Fsp3) is 0.955. The largest absolute Gasteiger partial charge is 0.303 e. The number of hydrogen-bond donors (Lipinski definition) is 0. The third-order valence-corrected chi connectivity index (χ3v) is 5.28. The zero-order chi connectivity index (χ0) is 17.5. The third-order valence-electron chi connectivity index (χ3n) is 5.28. The minimum Gasteiger partial charge on any atom is -0.303 e. The predicted molar refractivity (Wildman–Crippen MR) is 104 cm³/mol. The van der Waals surface area contributed by atoms with Crippen molar-refractivity contribution in [3.8, 4) is 0 Å². The molecular formula is C22H44O. The van der Waals surface area contributed by atoms with Gasteiger partial charge < -0.3 is 4.79 Å². The minimum atomic E-state index is 0.746. The van der Waals surface area contributed by atoms with Crippen molar-refractivity contribution in [2.75, 3.05) is 0 Å². The van der Waals surface area contributed by atoms with Crippen LogP contribution in [0, 0.1) is 23.7 Å². The second-order valence-corrected chi connectivity index (χ2v) is 8.60. The Balaban J connectivity index is 3.48. The van der Waals surface area contributed by atoms with E-state index in [1.165, 1.54) is 64.2 Å². The van der Waals surface area contributed by atoms with E-state index in [-0.39, 0.29) is 0 Å². The van der Waals surface area contributed by atoms with Crippen LogP contribution in [-0.2, 0) is 4.79 Å². The summed E-state index contributed by atoms with van der Waals surface area (Å²) in [6, 6.07) is 0. The molecule has 0 fully saturated rings. The molecule has 0 aromatic carbocycles. The first-order valence-electron chi connectivity index (χ1n) is 10.4. The van der Waals surface area contributed by atoms with Crippen LogP contribution in [0.4, 0.5) is 0 Å². The van der Waals surface area contributed by atoms with Crippen LogP contribution in [0.1, 0.15) is 112 Å². The van der Waals surface area contributed by atoms with Gasteiger partial charge in [0.25, 0.3) is 0 Å². The SMILES string of the molecule is CC(C)CCCC(C)CCCC(C)CCCC(C)CCCC=O. The van der Waals surface area contributed by atoms with E-state index in [2.05, 4.69) is 34.6 Å². The highest BCUT2D eigenvalue weighted by molar-refractivity contribution is 5.48. The Kier molecular flexibility index (Phi) is 15.0. The first-order chi connectivity index (χ1) is 11.0. The van der Waals surface area contributed by atoms with E-state index in [4.69, 9.17) is 0 Å². The van der Waals surface area contributed by atoms with Gasteiger partial charge in [0, 0.05) is 6.42 Å². The van der Waals surface area contributed by atoms with Crippen molar-refractivity contribution in [1.29, 1.82) is 0 Å². The lowest BCUT2D eigenvalue weighted by Gasteiger charge is -2.16. The number of carbonyl (C=O) groups excluding carboxylic acids is 1. The van der Waals surface area contributed by atoms with Crippen LogP contribution in [0.3, 0.4) is 0 Å². The van der Waals surface area contributed by atoms with Crippen LogP contribution < -0.4 is 0 Å². The maximum Gasteiger partial charge on any atom is 0.119 e. The zero-order valence-corrected chi connectivity index (χ0v) is 16.8. The summed E-state index contributed by atoms with van der Waals surface area (Å²) >= 11 is 0. The number of carbonyl (C=O) groups is 1. The normalized spacial score (nSPS) is 15.6. The third kappa shape index (κ3) is 16.3. The Morgan fingerprint density at radius 1 is 0.565 bits per heavy atom. The molecule has 0 aliphatic heterocycles. The molecule has 0 saturated heterocycles. The van der Waals surface area contributed by atoms with Crippen molar-refractivity contribution in [3.63, 3.8) is 0 Å². The van der Waals surface area contributed by atoms with Crippen LogP contribution in [-0.4, -0.2) is 6.29 Å². The zero-order valence-electron chi connectivity index (χ0n) is 16.8. The fourth-order valence-electron chi connectivity index (χ4n) is 3.49. The summed E-state index contributed by atoms with van der Waals surface area (Å²) in [5, 5.41) is 0. The van der Waals surface area contributed by atoms with Crippen molar-refractivity contribution in [2.24, 2.45) is 23.7 Å². The number of hydrogen-bond acceptors (Lipinski definition) is 1. The van der Waals surface area contributed by atoms with E-state index in [9.17, 15) is 4.79 Å². The highest BCUT2D eigenvalue weighted by atomic mass is 16.1. The molecule has 0 amide bonds. The molecule has 138 valence electrons. The molecule has 0 aliphatic carbocycles. The molecule has 1 nitrogen and oxygen atoms in total. The van der Waals surface area contributed by atoms with Crippen LogP contribution >= 0.6 is 0 Å². The molecule has 0 saturated carbocycles. The second kappa shape index (κ2) is 15.2. The van der Waals surface area contributed by atoms with Gasteiger partial charge in [0.1, 0.15) is 6.29 Å². The molecule has 0 heterocycles. The van der Waals surface area contributed by atoms with Crippen molar-refractivity contribution in [2.45, 2.75) is 112 Å². The molecule has 0 N–H and O–H groups in total. The quantitative estimate of drug-likeness (QED) is 0.213. The van der Waals surface area contributed by atoms with E-state index in [0.717, 1.165) is 42.8 Å². The lowest BCUT2D eigenvalue weighted by molar-refractivity contribution is -0.107. The van der Waals surface area contributed by atoms with Crippen molar-refractivity contribution >= 4 is 6.29 Å². The molecule has 0 spiro atoms. The maximum atomic E-state index is 10.3. The van der Waals surface area contributed by atoms with Gasteiger partial charge in [-0.05, 0) is 30.1 Å². The summed E-state index contributed by atoms with van der Waals surface area (Å²) in [6.07, 6.45) is 16.7. The standard InChI is InChI=1S/C22H44O/c1-19(2)11-8-13-21(4)15-10-17-22(5)16-9-14-20(3)12-6-7-18-23/h18-22H,6-17H2,1-5H3. The van der Waals surface area contributed by atoms with Gasteiger partial charge in [0.15, 0.2) is 0 Å². The fourth-order valence-corrected chi connectivity index (χ4v) is 3.49. The summed E-state index contributed by atoms with van der Waals surface area (Å²) in [4.78, 5) is 10.3. The van der Waals surface area contributed by atoms with E-state index >= 15 is 0 Å². The van der Waals surface area contributed by atoms with Gasteiger partial charge in [-0.1, -0.05) is 98.8 Å². The topological polar surface area (TPSA) is 17.1 Å². The molecule has 0 rings (SSSR count). The summed E-state index contributed by atoms with van der Waals surface area (Å²) in [5.41, 5.74) is 0. The molecule has 0 radical (unpaired) electrons. The molecular weight excluding hydrogens is 280 g/mol. The Labute approximate surface area is 147 Å². The van der Waals surface area contributed by atoms with E-state index < -0.39 is 0 Å². The highest BCUT2D eigenvalue weighted by Gasteiger charge is 2.08. The average Bonchev–Trinajstić information content (AvgIpc) is 2.47. The van der Waals surface area contributed by atoms with Gasteiger partial charge in [-0.3, -0.25) is 0 Å². The molecule has 0 bridgehead atoms. The molecule has 0 aromatic rings. The number of aldehydes is 1. The van der Waals surface area contributed by atoms with Gasteiger partial charge in [0.05, 0.1) is 0 Å². The Morgan fingerprint density at radius 2 is 0.913 bits per heavy atom. The highest BCUT2D eigenvalue weighted by Crippen LogP contribution is 2.23. The van der Waals surface area contributed by atoms with E-state index in [1.54, 1.807) is 0 Å². The van der Waals surface area contributed by atoms with E-state index in [1.807, 2.05) is 0 Å². The lowest BCUT2D eigenvalue weighted by Crippen LogP contribution is -2.01. The molecule has 23 heavy (non-hydrogen) atoms. The number of unbranched alkanes of at least 4 members (excludes halogenated alkanes) is 1. The Hall–Kier alpha value is -0.330. The van der Waals surface area contributed by atoms with Gasteiger partial charge in [-0.25, -0.2) is 0 Å². The summed E-state index contributed by atoms with van der Waals surface area (Å²) < 4.78 is 0. The Morgan fingerprint density at radius 3 is 1.26 bits per heavy atom. The second-order valence-electron chi connectivity index (χ2n) is 8.60. The molecule has 1 heteroatoms. The van der Waals surface area contributed by atoms with Gasteiger partial charge >= 0.3 is 0 Å². The monoisotopic (exact) mass is 324 g/mol. The molecule has 0 aromatic heterocycles.